The van der Waals surface area contributed by atoms with Crippen LogP contribution in [-0.2, 0) is 11.8 Å². The normalized spacial score (nSPS) is 16.6. The van der Waals surface area contributed by atoms with E-state index in [0.717, 1.165) is 25.5 Å². The zero-order valence-electron chi connectivity index (χ0n) is 13.3. The molecule has 0 amide bonds. The number of nitrogens with zero attached hydrogens (tertiary/aromatic N) is 4. The van der Waals surface area contributed by atoms with Gasteiger partial charge in [-0.3, -0.25) is 4.68 Å². The summed E-state index contributed by atoms with van der Waals surface area (Å²) in [5.41, 5.74) is 6.09. The number of nitrogens with one attached hydrogen (secondary N) is 2. The number of rotatable bonds is 4. The van der Waals surface area contributed by atoms with Crippen LogP contribution in [0.4, 0.5) is 30.6 Å². The summed E-state index contributed by atoms with van der Waals surface area (Å²) in [6, 6.07) is 0. The Kier molecular flexibility index (Phi) is 3.86. The quantitative estimate of drug-likeness (QED) is 0.791. The molecule has 2 heterocycles. The fourth-order valence-corrected chi connectivity index (χ4v) is 2.54. The Morgan fingerprint density at radius 2 is 2.04 bits per heavy atom. The fraction of sp³-hybridized carbons (Fsp3) is 0.500. The molecule has 0 aromatic carbocycles. The van der Waals surface area contributed by atoms with Crippen molar-refractivity contribution in [2.45, 2.75) is 38.0 Å². The molecule has 1 saturated carbocycles. The highest BCUT2D eigenvalue weighted by Crippen LogP contribution is 2.36. The second kappa shape index (κ2) is 5.62. The molecule has 130 valence electrons. The van der Waals surface area contributed by atoms with Gasteiger partial charge in [-0.1, -0.05) is 0 Å². The van der Waals surface area contributed by atoms with Crippen LogP contribution in [0.2, 0.25) is 0 Å². The summed E-state index contributed by atoms with van der Waals surface area (Å²) in [7, 11) is 1.37. The number of hydrogen-bond acceptors (Lipinski definition) is 6. The molecule has 0 saturated heterocycles. The van der Waals surface area contributed by atoms with Crippen LogP contribution in [0.1, 0.15) is 30.5 Å². The van der Waals surface area contributed by atoms with Crippen LogP contribution in [0.3, 0.4) is 0 Å². The number of halogens is 3. The van der Waals surface area contributed by atoms with Gasteiger partial charge in [0.2, 0.25) is 5.95 Å². The van der Waals surface area contributed by atoms with Crippen molar-refractivity contribution < 1.29 is 13.2 Å². The Morgan fingerprint density at radius 3 is 2.58 bits per heavy atom. The van der Waals surface area contributed by atoms with Gasteiger partial charge in [0, 0.05) is 13.2 Å². The minimum absolute atomic E-state index is 0.0506. The van der Waals surface area contributed by atoms with Crippen molar-refractivity contribution in [2.75, 3.05) is 17.7 Å². The molecule has 1 aliphatic carbocycles. The van der Waals surface area contributed by atoms with Crippen LogP contribution in [-0.4, -0.2) is 26.8 Å². The smallest absolute Gasteiger partial charge is 0.372 e. The summed E-state index contributed by atoms with van der Waals surface area (Å²) in [6.45, 7) is 1.78. The van der Waals surface area contributed by atoms with Gasteiger partial charge in [-0.15, -0.1) is 0 Å². The van der Waals surface area contributed by atoms with E-state index in [2.05, 4.69) is 25.7 Å². The molecule has 24 heavy (non-hydrogen) atoms. The lowest BCUT2D eigenvalue weighted by Crippen LogP contribution is -2.49. The van der Waals surface area contributed by atoms with Gasteiger partial charge >= 0.3 is 6.18 Å². The lowest BCUT2D eigenvalue weighted by molar-refractivity contribution is -0.137. The number of alkyl halides is 3. The largest absolute Gasteiger partial charge is 0.421 e. The molecule has 10 heteroatoms. The van der Waals surface area contributed by atoms with E-state index in [9.17, 15) is 13.2 Å². The molecule has 0 bridgehead atoms. The molecule has 0 atom stereocenters. The van der Waals surface area contributed by atoms with E-state index in [4.69, 9.17) is 5.73 Å². The molecule has 1 aliphatic rings. The van der Waals surface area contributed by atoms with Gasteiger partial charge in [0.25, 0.3) is 0 Å². The van der Waals surface area contributed by atoms with Crippen LogP contribution in [0, 0.1) is 6.92 Å². The number of anilines is 3. The first-order valence-electron chi connectivity index (χ1n) is 7.47. The first-order valence-corrected chi connectivity index (χ1v) is 7.47. The third-order valence-corrected chi connectivity index (χ3v) is 4.15. The standard InChI is InChI=1S/C14H18F3N7/c1-8-10(7-24(23-8)13(18)4-3-5-13)21-12-20-6-9(14(15,16)17)11(19-2)22-12/h6-7H,3-5,18H2,1-2H3,(H2,19,20,21,22). The summed E-state index contributed by atoms with van der Waals surface area (Å²) >= 11 is 0. The SMILES string of the molecule is CNc1nc(Nc2cn(C3(N)CCC3)nc2C)ncc1C(F)(F)F. The highest BCUT2D eigenvalue weighted by molar-refractivity contribution is 5.58. The van der Waals surface area contributed by atoms with Gasteiger partial charge in [-0.2, -0.15) is 23.3 Å². The van der Waals surface area contributed by atoms with Crippen LogP contribution < -0.4 is 16.4 Å². The number of nitrogens with two attached hydrogens (primary N) is 1. The van der Waals surface area contributed by atoms with Crippen molar-refractivity contribution in [2.24, 2.45) is 5.73 Å². The van der Waals surface area contributed by atoms with Gasteiger partial charge in [-0.05, 0) is 26.2 Å². The van der Waals surface area contributed by atoms with E-state index in [1.54, 1.807) is 17.8 Å². The molecule has 0 unspecified atom stereocenters. The number of aromatic nitrogens is 4. The second-order valence-corrected chi connectivity index (χ2v) is 5.86. The lowest BCUT2D eigenvalue weighted by atomic mass is 9.86. The Hall–Kier alpha value is -2.36. The summed E-state index contributed by atoms with van der Waals surface area (Å²) < 4.78 is 40.3. The molecule has 3 rings (SSSR count). The molecule has 7 nitrogen and oxygen atoms in total. The van der Waals surface area contributed by atoms with E-state index in [-0.39, 0.29) is 11.8 Å². The molecule has 1 fully saturated rings. The van der Waals surface area contributed by atoms with Gasteiger partial charge in [0.15, 0.2) is 0 Å². The third kappa shape index (κ3) is 2.88. The first kappa shape index (κ1) is 16.5. The average Bonchev–Trinajstić information content (AvgIpc) is 2.85. The van der Waals surface area contributed by atoms with Gasteiger partial charge < -0.3 is 16.4 Å². The molecule has 0 radical (unpaired) electrons. The maximum atomic E-state index is 12.9. The van der Waals surface area contributed by atoms with Crippen LogP contribution in [0.25, 0.3) is 0 Å². The Labute approximate surface area is 136 Å². The predicted molar refractivity (Wildman–Crippen MR) is 82.8 cm³/mol. The molecular formula is C14H18F3N7. The summed E-state index contributed by atoms with van der Waals surface area (Å²) in [5, 5.41) is 9.71. The predicted octanol–water partition coefficient (Wildman–Crippen LogP) is 2.58. The Morgan fingerprint density at radius 1 is 1.33 bits per heavy atom. The van der Waals surface area contributed by atoms with Crippen molar-refractivity contribution in [3.8, 4) is 0 Å². The topological polar surface area (TPSA) is 93.7 Å². The van der Waals surface area contributed by atoms with Crippen molar-refractivity contribution in [1.29, 1.82) is 0 Å². The summed E-state index contributed by atoms with van der Waals surface area (Å²) in [5.74, 6) is -0.242. The number of aryl methyl sites for hydroxylation is 1. The van der Waals surface area contributed by atoms with Crippen LogP contribution in [0.15, 0.2) is 12.4 Å². The van der Waals surface area contributed by atoms with Crippen LogP contribution >= 0.6 is 0 Å². The van der Waals surface area contributed by atoms with Gasteiger partial charge in [0.1, 0.15) is 17.0 Å². The van der Waals surface area contributed by atoms with Crippen LogP contribution in [0.5, 0.6) is 0 Å². The van der Waals surface area contributed by atoms with E-state index >= 15 is 0 Å². The highest BCUT2D eigenvalue weighted by Gasteiger charge is 2.36. The van der Waals surface area contributed by atoms with Crippen molar-refractivity contribution in [3.05, 3.63) is 23.7 Å². The van der Waals surface area contributed by atoms with Gasteiger partial charge in [-0.25, -0.2) is 4.98 Å². The minimum atomic E-state index is -4.52. The maximum Gasteiger partial charge on any atom is 0.421 e. The number of hydrogen-bond donors (Lipinski definition) is 3. The third-order valence-electron chi connectivity index (χ3n) is 4.15. The average molecular weight is 341 g/mol. The molecule has 4 N–H and O–H groups in total. The zero-order valence-corrected chi connectivity index (χ0v) is 13.3. The zero-order chi connectivity index (χ0) is 17.5. The minimum Gasteiger partial charge on any atom is -0.372 e. The van der Waals surface area contributed by atoms with E-state index in [0.29, 0.717) is 11.4 Å². The molecular weight excluding hydrogens is 323 g/mol. The molecule has 2 aromatic heterocycles. The first-order chi connectivity index (χ1) is 11.2. The van der Waals surface area contributed by atoms with E-state index in [1.807, 2.05) is 0 Å². The van der Waals surface area contributed by atoms with E-state index < -0.39 is 17.4 Å². The van der Waals surface area contributed by atoms with E-state index in [1.165, 1.54) is 7.05 Å². The Bertz CT molecular complexity index is 749. The maximum absolute atomic E-state index is 12.9. The van der Waals surface area contributed by atoms with Crippen molar-refractivity contribution in [3.63, 3.8) is 0 Å². The fourth-order valence-electron chi connectivity index (χ4n) is 2.54. The summed E-state index contributed by atoms with van der Waals surface area (Å²) in [4.78, 5) is 7.62. The Balaban J connectivity index is 1.86. The molecule has 2 aromatic rings. The highest BCUT2D eigenvalue weighted by atomic mass is 19.4. The van der Waals surface area contributed by atoms with Crippen molar-refractivity contribution in [1.82, 2.24) is 19.7 Å². The monoisotopic (exact) mass is 341 g/mol. The molecule has 0 aliphatic heterocycles. The second-order valence-electron chi connectivity index (χ2n) is 5.86. The molecule has 0 spiro atoms. The summed E-state index contributed by atoms with van der Waals surface area (Å²) in [6.07, 6.45) is 0.688. The van der Waals surface area contributed by atoms with Crippen molar-refractivity contribution >= 4 is 17.5 Å². The lowest BCUT2D eigenvalue weighted by Gasteiger charge is -2.38. The van der Waals surface area contributed by atoms with Gasteiger partial charge in [0.05, 0.1) is 17.6 Å².